The Morgan fingerprint density at radius 1 is 1.04 bits per heavy atom. The minimum atomic E-state index is -2.86. The van der Waals surface area contributed by atoms with E-state index < -0.39 is 12.3 Å². The minimum absolute atomic E-state index is 0. The summed E-state index contributed by atoms with van der Waals surface area (Å²) in [6, 6.07) is 16.1. The van der Waals surface area contributed by atoms with Gasteiger partial charge in [0.2, 0.25) is 0 Å². The van der Waals surface area contributed by atoms with E-state index in [9.17, 15) is 13.9 Å². The zero-order valence-corrected chi connectivity index (χ0v) is 16.4. The standard InChI is InChI=1S/C20H21F2N2O2.BrH/c21-19(22)26-17-11-9-15(10-12-17)20(25)14-23-13-5-4-8-18(23)24(20)16-6-2-1-3-7-16;/h1-3,6-7,9-12,19,25H,4-5,8,13-14H2;1H/q+1;. The van der Waals surface area contributed by atoms with Crippen molar-refractivity contribution in [3.8, 4) is 5.75 Å². The summed E-state index contributed by atoms with van der Waals surface area (Å²) in [6.45, 7) is -1.50. The molecule has 2 aliphatic heterocycles. The molecule has 0 spiro atoms. The highest BCUT2D eigenvalue weighted by Gasteiger charge is 2.54. The van der Waals surface area contributed by atoms with E-state index in [1.54, 1.807) is 12.1 Å². The molecule has 0 saturated carbocycles. The average molecular weight is 440 g/mol. The number of hydrogen-bond acceptors (Lipinski definition) is 3. The van der Waals surface area contributed by atoms with Crippen LogP contribution >= 0.6 is 17.0 Å². The molecule has 0 radical (unpaired) electrons. The predicted molar refractivity (Wildman–Crippen MR) is 105 cm³/mol. The fourth-order valence-corrected chi connectivity index (χ4v) is 3.91. The van der Waals surface area contributed by atoms with Crippen molar-refractivity contribution in [3.05, 3.63) is 60.2 Å². The molecule has 4 nitrogen and oxygen atoms in total. The van der Waals surface area contributed by atoms with Crippen LogP contribution in [0.4, 0.5) is 14.5 Å². The minimum Gasteiger partial charge on any atom is -0.435 e. The van der Waals surface area contributed by atoms with Gasteiger partial charge in [-0.05, 0) is 49.2 Å². The van der Waals surface area contributed by atoms with E-state index in [0.717, 1.165) is 37.3 Å². The number of nitrogens with zero attached hydrogens (tertiary/aromatic N) is 2. The molecule has 0 saturated heterocycles. The number of hydrogen-bond donors (Lipinski definition) is 1. The number of halogens is 3. The third-order valence-electron chi connectivity index (χ3n) is 5.04. The van der Waals surface area contributed by atoms with Crippen LogP contribution in [0.25, 0.3) is 0 Å². The van der Waals surface area contributed by atoms with Crippen molar-refractivity contribution in [1.82, 2.24) is 0 Å². The van der Waals surface area contributed by atoms with Crippen molar-refractivity contribution in [2.75, 3.05) is 18.0 Å². The van der Waals surface area contributed by atoms with E-state index in [2.05, 4.69) is 9.31 Å². The van der Waals surface area contributed by atoms with Crippen LogP contribution in [0.1, 0.15) is 24.8 Å². The van der Waals surface area contributed by atoms with Crippen molar-refractivity contribution in [3.63, 3.8) is 0 Å². The molecular formula is C20H22BrF2N2O2+. The molecule has 7 heteroatoms. The maximum Gasteiger partial charge on any atom is 0.387 e. The highest BCUT2D eigenvalue weighted by atomic mass is 79.9. The number of amidine groups is 1. The maximum atomic E-state index is 12.4. The van der Waals surface area contributed by atoms with Crippen LogP contribution in [0.5, 0.6) is 5.75 Å². The quantitative estimate of drug-likeness (QED) is 0.727. The molecule has 2 heterocycles. The Bertz CT molecular complexity index is 814. The number of para-hydroxylation sites is 1. The predicted octanol–water partition coefficient (Wildman–Crippen LogP) is 4.13. The Kier molecular flexibility index (Phi) is 5.81. The van der Waals surface area contributed by atoms with Crippen LogP contribution in [0.3, 0.4) is 0 Å². The van der Waals surface area contributed by atoms with Gasteiger partial charge in [-0.2, -0.15) is 13.7 Å². The molecule has 0 aromatic heterocycles. The molecule has 27 heavy (non-hydrogen) atoms. The summed E-state index contributed by atoms with van der Waals surface area (Å²) in [7, 11) is 0. The number of anilines is 1. The molecule has 2 aromatic rings. The van der Waals surface area contributed by atoms with Gasteiger partial charge in [-0.15, -0.1) is 17.0 Å². The highest BCUT2D eigenvalue weighted by molar-refractivity contribution is 8.93. The Balaban J connectivity index is 0.00000210. The van der Waals surface area contributed by atoms with E-state index in [1.807, 2.05) is 35.2 Å². The van der Waals surface area contributed by atoms with Crippen LogP contribution in [0, 0.1) is 0 Å². The Morgan fingerprint density at radius 2 is 1.74 bits per heavy atom. The van der Waals surface area contributed by atoms with Gasteiger partial charge < -0.3 is 9.84 Å². The number of benzene rings is 2. The van der Waals surface area contributed by atoms with Gasteiger partial charge in [0.1, 0.15) is 11.4 Å². The van der Waals surface area contributed by atoms with Gasteiger partial charge in [-0.25, -0.2) is 0 Å². The second-order valence-electron chi connectivity index (χ2n) is 6.69. The summed E-state index contributed by atoms with van der Waals surface area (Å²) < 4.78 is 31.4. The molecule has 0 amide bonds. The van der Waals surface area contributed by atoms with E-state index in [1.165, 1.54) is 12.1 Å². The van der Waals surface area contributed by atoms with E-state index in [4.69, 9.17) is 0 Å². The van der Waals surface area contributed by atoms with Crippen LogP contribution in [0.15, 0.2) is 54.6 Å². The van der Waals surface area contributed by atoms with Crippen molar-refractivity contribution >= 4 is 28.5 Å². The topological polar surface area (TPSA) is 35.7 Å². The largest absolute Gasteiger partial charge is 0.435 e. The van der Waals surface area contributed by atoms with E-state index in [-0.39, 0.29) is 22.7 Å². The first-order valence-electron chi connectivity index (χ1n) is 8.82. The molecule has 2 aliphatic rings. The van der Waals surface area contributed by atoms with E-state index >= 15 is 0 Å². The van der Waals surface area contributed by atoms with E-state index in [0.29, 0.717) is 12.1 Å². The average Bonchev–Trinajstić information content (AvgIpc) is 2.95. The Morgan fingerprint density at radius 3 is 2.41 bits per heavy atom. The van der Waals surface area contributed by atoms with Crippen molar-refractivity contribution in [2.45, 2.75) is 31.6 Å². The van der Waals surface area contributed by atoms with Gasteiger partial charge >= 0.3 is 6.61 Å². The molecule has 1 N–H and O–H groups in total. The summed E-state index contributed by atoms with van der Waals surface area (Å²) in [5.41, 5.74) is 0.330. The van der Waals surface area contributed by atoms with Crippen LogP contribution in [-0.2, 0) is 5.72 Å². The second kappa shape index (κ2) is 7.94. The summed E-state index contributed by atoms with van der Waals surface area (Å²) in [5.74, 6) is 1.19. The van der Waals surface area contributed by atoms with Gasteiger partial charge in [0.05, 0.1) is 6.54 Å². The number of ether oxygens (including phenoxy) is 1. The van der Waals surface area contributed by atoms with Crippen molar-refractivity contribution in [2.24, 2.45) is 0 Å². The fraction of sp³-hybridized carbons (Fsp3) is 0.350. The molecule has 0 fully saturated rings. The zero-order valence-electron chi connectivity index (χ0n) is 14.7. The van der Waals surface area contributed by atoms with Gasteiger partial charge in [0, 0.05) is 12.0 Å². The molecule has 1 atom stereocenters. The molecule has 2 aromatic carbocycles. The third kappa shape index (κ3) is 3.71. The van der Waals surface area contributed by atoms with Gasteiger partial charge in [-0.1, -0.05) is 18.2 Å². The monoisotopic (exact) mass is 439 g/mol. The smallest absolute Gasteiger partial charge is 0.387 e. The number of aliphatic hydroxyl groups is 1. The van der Waals surface area contributed by atoms with Crippen molar-refractivity contribution < 1.29 is 23.2 Å². The molecule has 0 aliphatic carbocycles. The fourth-order valence-electron chi connectivity index (χ4n) is 3.91. The summed E-state index contributed by atoms with van der Waals surface area (Å²) in [4.78, 5) is 1.98. The first-order chi connectivity index (χ1) is 12.6. The van der Waals surface area contributed by atoms with Crippen molar-refractivity contribution in [1.29, 1.82) is 0 Å². The zero-order chi connectivity index (χ0) is 18.1. The first-order valence-corrected chi connectivity index (χ1v) is 8.82. The Hall–Kier alpha value is -1.99. The molecule has 144 valence electrons. The van der Waals surface area contributed by atoms with Crippen LogP contribution in [0.2, 0.25) is 0 Å². The first kappa shape index (κ1) is 19.8. The lowest BCUT2D eigenvalue weighted by atomic mass is 10.0. The lowest BCUT2D eigenvalue weighted by Gasteiger charge is -2.29. The van der Waals surface area contributed by atoms with Gasteiger partial charge in [0.25, 0.3) is 11.6 Å². The SMILES string of the molecule is Br.OC1(c2ccc(OC(F)F)cc2)C[N+]2=C(CCCC2)N1c1ccccc1. The maximum absolute atomic E-state index is 12.4. The summed E-state index contributed by atoms with van der Waals surface area (Å²) >= 11 is 0. The molecule has 0 bridgehead atoms. The summed E-state index contributed by atoms with van der Waals surface area (Å²) in [5, 5.41) is 11.7. The van der Waals surface area contributed by atoms with Gasteiger partial charge in [-0.3, -0.25) is 4.58 Å². The normalized spacial score (nSPS) is 21.9. The van der Waals surface area contributed by atoms with Crippen LogP contribution < -0.4 is 9.64 Å². The molecular weight excluding hydrogens is 418 g/mol. The Labute approximate surface area is 167 Å². The lowest BCUT2D eigenvalue weighted by Crippen LogP contribution is -2.47. The highest BCUT2D eigenvalue weighted by Crippen LogP contribution is 2.38. The molecule has 4 rings (SSSR count). The van der Waals surface area contributed by atoms with Crippen LogP contribution in [-0.4, -0.2) is 35.2 Å². The summed E-state index contributed by atoms with van der Waals surface area (Å²) in [6.07, 6.45) is 3.10. The molecule has 1 unspecified atom stereocenters. The third-order valence-corrected chi connectivity index (χ3v) is 5.04. The second-order valence-corrected chi connectivity index (χ2v) is 6.69. The lowest BCUT2D eigenvalue weighted by molar-refractivity contribution is -0.538. The van der Waals surface area contributed by atoms with Gasteiger partial charge in [0.15, 0.2) is 6.54 Å². The number of rotatable bonds is 4. The number of alkyl halides is 2.